The zero-order chi connectivity index (χ0) is 32.9. The molecule has 1 fully saturated rings. The average molecular weight is 637 g/mol. The lowest BCUT2D eigenvalue weighted by Gasteiger charge is -2.40. The number of benzene rings is 5. The molecule has 1 aliphatic heterocycles. The summed E-state index contributed by atoms with van der Waals surface area (Å²) in [6.07, 6.45) is 16.8. The fraction of sp³-hybridized carbons (Fsp3) is 0.174. The lowest BCUT2D eigenvalue weighted by Crippen LogP contribution is -2.35. The van der Waals surface area contributed by atoms with E-state index < -0.39 is 0 Å². The van der Waals surface area contributed by atoms with Crippen LogP contribution in [0, 0.1) is 31.6 Å². The van der Waals surface area contributed by atoms with E-state index >= 15 is 0 Å². The summed E-state index contributed by atoms with van der Waals surface area (Å²) in [7, 11) is 0. The van der Waals surface area contributed by atoms with Crippen LogP contribution in [0.5, 0.6) is 0 Å². The Kier molecular flexibility index (Phi) is 7.44. The lowest BCUT2D eigenvalue weighted by atomic mass is 9.64. The minimum atomic E-state index is 0.0740. The van der Waals surface area contributed by atoms with Crippen LogP contribution in [0.4, 0.5) is 28.4 Å². The summed E-state index contributed by atoms with van der Waals surface area (Å²) in [4.78, 5) is 4.79. The van der Waals surface area contributed by atoms with Gasteiger partial charge in [0.1, 0.15) is 0 Å². The average Bonchev–Trinajstić information content (AvgIpc) is 3.54. The van der Waals surface area contributed by atoms with Crippen LogP contribution in [0.1, 0.15) is 28.2 Å². The van der Waals surface area contributed by atoms with Gasteiger partial charge in [-0.15, -0.1) is 0 Å². The highest BCUT2D eigenvalue weighted by atomic mass is 16.5. The molecule has 6 atom stereocenters. The van der Waals surface area contributed by atoms with Crippen LogP contribution < -0.4 is 9.80 Å². The molecule has 0 aromatic heterocycles. The fourth-order valence-corrected chi connectivity index (χ4v) is 8.60. The summed E-state index contributed by atoms with van der Waals surface area (Å²) in [5.41, 5.74) is 12.3. The molecule has 240 valence electrons. The summed E-state index contributed by atoms with van der Waals surface area (Å²) in [5, 5.41) is 0. The Bertz CT molecular complexity index is 2130. The van der Waals surface area contributed by atoms with Gasteiger partial charge in [-0.05, 0) is 96.6 Å². The molecule has 3 nitrogen and oxygen atoms in total. The van der Waals surface area contributed by atoms with Gasteiger partial charge in [-0.25, -0.2) is 0 Å². The van der Waals surface area contributed by atoms with Gasteiger partial charge in [0.2, 0.25) is 0 Å². The van der Waals surface area contributed by atoms with Gasteiger partial charge in [0.05, 0.1) is 12.2 Å². The molecular formula is C46H40N2O. The van der Waals surface area contributed by atoms with Crippen LogP contribution in [0.2, 0.25) is 0 Å². The van der Waals surface area contributed by atoms with E-state index in [0.29, 0.717) is 23.7 Å². The smallest absolute Gasteiger partial charge is 0.0839 e. The van der Waals surface area contributed by atoms with Crippen LogP contribution >= 0.6 is 0 Å². The second-order valence-electron chi connectivity index (χ2n) is 13.7. The molecule has 5 aromatic rings. The number of rotatable bonds is 6. The van der Waals surface area contributed by atoms with Crippen LogP contribution in [-0.2, 0) is 4.74 Å². The standard InChI is InChI=1S/C46H40N2O/c1-31-13-9-11-19-41(31)47(35-15-5-3-6-16-35)37-23-25-39-33(29-37)21-27-43-45(39)46-40-26-24-38(30-34(40)22-28-44(46)49-43)48(36-17-7-4-8-18-36)42-20-12-10-14-32(42)2/h3-30,33,39,43-46H,1-2H3. The second kappa shape index (κ2) is 12.3. The number of allylic oxidation sites excluding steroid dienone is 4. The van der Waals surface area contributed by atoms with Gasteiger partial charge >= 0.3 is 0 Å². The van der Waals surface area contributed by atoms with Crippen LogP contribution in [0.25, 0.3) is 6.08 Å². The molecule has 5 aromatic carbocycles. The molecule has 1 heterocycles. The number of fused-ring (bicyclic) bond motifs is 7. The zero-order valence-corrected chi connectivity index (χ0v) is 27.9. The van der Waals surface area contributed by atoms with E-state index in [1.807, 2.05) is 0 Å². The molecule has 0 bridgehead atoms. The first-order valence-electron chi connectivity index (χ1n) is 17.5. The zero-order valence-electron chi connectivity index (χ0n) is 27.9. The third kappa shape index (κ3) is 5.17. The van der Waals surface area contributed by atoms with E-state index in [2.05, 4.69) is 194 Å². The van der Waals surface area contributed by atoms with Gasteiger partial charge in [-0.3, -0.25) is 0 Å². The topological polar surface area (TPSA) is 15.7 Å². The van der Waals surface area contributed by atoms with Gasteiger partial charge in [0, 0.05) is 51.9 Å². The number of hydrogen-bond acceptors (Lipinski definition) is 3. The van der Waals surface area contributed by atoms with E-state index in [1.54, 1.807) is 0 Å². The highest BCUT2D eigenvalue weighted by molar-refractivity contribution is 5.80. The maximum atomic E-state index is 6.79. The van der Waals surface area contributed by atoms with Crippen molar-refractivity contribution in [2.75, 3.05) is 9.80 Å². The van der Waals surface area contributed by atoms with Gasteiger partial charge < -0.3 is 14.5 Å². The van der Waals surface area contributed by atoms with Crippen LogP contribution in [0.15, 0.2) is 170 Å². The van der Waals surface area contributed by atoms with Crippen molar-refractivity contribution >= 4 is 34.5 Å². The molecule has 49 heavy (non-hydrogen) atoms. The molecule has 6 unspecified atom stereocenters. The van der Waals surface area contributed by atoms with Crippen molar-refractivity contribution in [3.05, 3.63) is 192 Å². The molecule has 1 saturated heterocycles. The molecule has 0 spiro atoms. The van der Waals surface area contributed by atoms with Gasteiger partial charge in [-0.1, -0.05) is 115 Å². The highest BCUT2D eigenvalue weighted by Gasteiger charge is 2.51. The van der Waals surface area contributed by atoms with E-state index in [4.69, 9.17) is 4.74 Å². The third-order valence-corrected chi connectivity index (χ3v) is 10.9. The van der Waals surface area contributed by atoms with Crippen molar-refractivity contribution < 1.29 is 4.74 Å². The lowest BCUT2D eigenvalue weighted by molar-refractivity contribution is 0.0756. The van der Waals surface area contributed by atoms with Gasteiger partial charge in [0.15, 0.2) is 0 Å². The Morgan fingerprint density at radius 3 is 1.86 bits per heavy atom. The van der Waals surface area contributed by atoms with E-state index in [1.165, 1.54) is 50.7 Å². The van der Waals surface area contributed by atoms with Crippen molar-refractivity contribution in [1.82, 2.24) is 0 Å². The Labute approximate surface area is 289 Å². The summed E-state index contributed by atoms with van der Waals surface area (Å²) in [6.45, 7) is 4.39. The number of anilines is 5. The monoisotopic (exact) mass is 636 g/mol. The van der Waals surface area contributed by atoms with Crippen molar-refractivity contribution in [2.45, 2.75) is 32.0 Å². The number of para-hydroxylation sites is 4. The molecule has 3 heteroatoms. The van der Waals surface area contributed by atoms with E-state index in [-0.39, 0.29) is 12.2 Å². The Balaban J connectivity index is 1.07. The van der Waals surface area contributed by atoms with Crippen LogP contribution in [-0.4, -0.2) is 12.2 Å². The molecule has 0 N–H and O–H groups in total. The van der Waals surface area contributed by atoms with Gasteiger partial charge in [-0.2, -0.15) is 0 Å². The predicted octanol–water partition coefficient (Wildman–Crippen LogP) is 11.4. The quantitative estimate of drug-likeness (QED) is 0.173. The third-order valence-electron chi connectivity index (χ3n) is 10.9. The Morgan fingerprint density at radius 1 is 0.531 bits per heavy atom. The molecule has 0 radical (unpaired) electrons. The minimum absolute atomic E-state index is 0.0740. The highest BCUT2D eigenvalue weighted by Crippen LogP contribution is 2.54. The number of hydrogen-bond donors (Lipinski definition) is 0. The fourth-order valence-electron chi connectivity index (χ4n) is 8.60. The molecule has 9 rings (SSSR count). The Morgan fingerprint density at radius 2 is 1.16 bits per heavy atom. The van der Waals surface area contributed by atoms with Crippen molar-refractivity contribution in [2.24, 2.45) is 17.8 Å². The number of ether oxygens (including phenoxy) is 1. The Hall–Kier alpha value is -5.38. The number of aryl methyl sites for hydroxylation is 2. The van der Waals surface area contributed by atoms with E-state index in [9.17, 15) is 0 Å². The van der Waals surface area contributed by atoms with Gasteiger partial charge in [0.25, 0.3) is 0 Å². The normalized spacial score (nSPS) is 24.3. The maximum absolute atomic E-state index is 6.79. The summed E-state index contributed by atoms with van der Waals surface area (Å²) in [5.74, 6) is 1.30. The first kappa shape index (κ1) is 29.7. The molecule has 0 amide bonds. The van der Waals surface area contributed by atoms with Crippen molar-refractivity contribution in [3.63, 3.8) is 0 Å². The SMILES string of the molecule is Cc1ccccc1N(C1=CC2C=CC3OC4C=Cc5cc(N(c6ccccc6)c6ccccc6C)ccc5C4C3C2C=C1)c1ccccc1. The second-order valence-corrected chi connectivity index (χ2v) is 13.7. The van der Waals surface area contributed by atoms with Crippen molar-refractivity contribution in [1.29, 1.82) is 0 Å². The minimum Gasteiger partial charge on any atom is -0.366 e. The molecule has 4 aliphatic rings. The summed E-state index contributed by atoms with van der Waals surface area (Å²) < 4.78 is 6.79. The van der Waals surface area contributed by atoms with Crippen LogP contribution in [0.3, 0.4) is 0 Å². The number of nitrogens with zero attached hydrogens (tertiary/aromatic N) is 2. The predicted molar refractivity (Wildman–Crippen MR) is 203 cm³/mol. The molecule has 0 saturated carbocycles. The molecular weight excluding hydrogens is 597 g/mol. The van der Waals surface area contributed by atoms with Crippen molar-refractivity contribution in [3.8, 4) is 0 Å². The first-order chi connectivity index (χ1) is 24.1. The molecule has 3 aliphatic carbocycles. The first-order valence-corrected chi connectivity index (χ1v) is 17.5. The van der Waals surface area contributed by atoms with E-state index in [0.717, 1.165) is 5.69 Å². The largest absolute Gasteiger partial charge is 0.366 e. The summed E-state index contributed by atoms with van der Waals surface area (Å²) >= 11 is 0. The summed E-state index contributed by atoms with van der Waals surface area (Å²) in [6, 6.07) is 45.8. The maximum Gasteiger partial charge on any atom is 0.0839 e.